The Morgan fingerprint density at radius 3 is 2.58 bits per heavy atom. The van der Waals surface area contributed by atoms with Crippen molar-refractivity contribution in [2.75, 3.05) is 0 Å². The van der Waals surface area contributed by atoms with Crippen molar-refractivity contribution in [1.82, 2.24) is 9.38 Å². The van der Waals surface area contributed by atoms with Crippen LogP contribution in [0, 0.1) is 13.8 Å². The van der Waals surface area contributed by atoms with Gasteiger partial charge in [0.05, 0.1) is 10.7 Å². The van der Waals surface area contributed by atoms with Crippen molar-refractivity contribution < 1.29 is 17.0 Å². The minimum atomic E-state index is 0. The molecule has 2 aromatic heterocycles. The first kappa shape index (κ1) is 14.1. The van der Waals surface area contributed by atoms with Crippen LogP contribution in [0.25, 0.3) is 16.9 Å². The maximum atomic E-state index is 5.98. The number of hydrogen-bond donors (Lipinski definition) is 0. The summed E-state index contributed by atoms with van der Waals surface area (Å²) >= 11 is 5.98. The largest absolute Gasteiger partial charge is 1.00 e. The fourth-order valence-corrected chi connectivity index (χ4v) is 2.36. The summed E-state index contributed by atoms with van der Waals surface area (Å²) in [6.07, 6.45) is 3.88. The molecule has 0 saturated heterocycles. The van der Waals surface area contributed by atoms with Gasteiger partial charge in [-0.1, -0.05) is 35.4 Å². The van der Waals surface area contributed by atoms with E-state index in [0.717, 1.165) is 11.3 Å². The second-order valence-corrected chi connectivity index (χ2v) is 4.99. The van der Waals surface area contributed by atoms with Gasteiger partial charge in [-0.2, -0.15) is 0 Å². The summed E-state index contributed by atoms with van der Waals surface area (Å²) in [5.41, 5.74) is 5.57. The quantitative estimate of drug-likeness (QED) is 0.654. The molecule has 1 aromatic carbocycles. The molecule has 0 aliphatic rings. The summed E-state index contributed by atoms with van der Waals surface area (Å²) in [7, 11) is 0. The maximum Gasteiger partial charge on any atom is 0.137 e. The molecule has 4 heteroatoms. The van der Waals surface area contributed by atoms with Crippen LogP contribution in [-0.2, 0) is 0 Å². The molecule has 3 aromatic rings. The lowest BCUT2D eigenvalue weighted by molar-refractivity contribution is -0.00000372. The number of fused-ring (bicyclic) bond motifs is 1. The average molecular weight is 337 g/mol. The van der Waals surface area contributed by atoms with E-state index in [1.165, 1.54) is 16.7 Å². The minimum absolute atomic E-state index is 0. The number of nitrogens with zero attached hydrogens (tertiary/aromatic N) is 2. The number of imidazole rings is 1. The van der Waals surface area contributed by atoms with Crippen LogP contribution in [0.5, 0.6) is 0 Å². The van der Waals surface area contributed by atoms with Gasteiger partial charge in [0.15, 0.2) is 0 Å². The molecule has 19 heavy (non-hydrogen) atoms. The van der Waals surface area contributed by atoms with Crippen LogP contribution in [-0.4, -0.2) is 9.38 Å². The standard InChI is InChI=1S/C15H13ClN2.BrH/c1-10-3-5-13(11(2)7-10)14-9-18-8-12(16)4-6-15(18)17-14;/h3-9H,1-2H3;1H/p-1. The summed E-state index contributed by atoms with van der Waals surface area (Å²) in [4.78, 5) is 4.62. The predicted molar refractivity (Wildman–Crippen MR) is 75.1 cm³/mol. The molecular weight excluding hydrogens is 324 g/mol. The Bertz CT molecular complexity index is 734. The third-order valence-electron chi connectivity index (χ3n) is 3.07. The highest BCUT2D eigenvalue weighted by atomic mass is 79.9. The first-order valence-electron chi connectivity index (χ1n) is 5.85. The lowest BCUT2D eigenvalue weighted by Gasteiger charge is -2.02. The number of benzene rings is 1. The van der Waals surface area contributed by atoms with Crippen LogP contribution >= 0.6 is 11.6 Å². The van der Waals surface area contributed by atoms with Crippen LogP contribution < -0.4 is 17.0 Å². The second kappa shape index (κ2) is 5.35. The highest BCUT2D eigenvalue weighted by molar-refractivity contribution is 6.30. The summed E-state index contributed by atoms with van der Waals surface area (Å²) in [5.74, 6) is 0. The Kier molecular flexibility index (Phi) is 3.97. The van der Waals surface area contributed by atoms with E-state index in [4.69, 9.17) is 11.6 Å². The van der Waals surface area contributed by atoms with Crippen molar-refractivity contribution in [3.05, 3.63) is 58.9 Å². The van der Waals surface area contributed by atoms with E-state index in [0.29, 0.717) is 5.02 Å². The molecule has 0 spiro atoms. The van der Waals surface area contributed by atoms with E-state index >= 15 is 0 Å². The monoisotopic (exact) mass is 335 g/mol. The zero-order valence-electron chi connectivity index (χ0n) is 10.7. The van der Waals surface area contributed by atoms with Gasteiger partial charge in [0.1, 0.15) is 5.65 Å². The predicted octanol–water partition coefficient (Wildman–Crippen LogP) is 1.28. The zero-order chi connectivity index (χ0) is 12.7. The van der Waals surface area contributed by atoms with Crippen molar-refractivity contribution in [3.63, 3.8) is 0 Å². The smallest absolute Gasteiger partial charge is 0.137 e. The molecule has 2 heterocycles. The van der Waals surface area contributed by atoms with E-state index in [1.807, 2.05) is 28.9 Å². The molecule has 0 atom stereocenters. The number of rotatable bonds is 1. The third kappa shape index (κ3) is 2.67. The molecule has 0 amide bonds. The highest BCUT2D eigenvalue weighted by Crippen LogP contribution is 2.24. The van der Waals surface area contributed by atoms with Crippen LogP contribution in [0.15, 0.2) is 42.7 Å². The van der Waals surface area contributed by atoms with Crippen LogP contribution in [0.1, 0.15) is 11.1 Å². The van der Waals surface area contributed by atoms with E-state index in [1.54, 1.807) is 0 Å². The molecular formula is C15H13BrClN2-. The molecule has 2 nitrogen and oxygen atoms in total. The Balaban J connectivity index is 0.00000133. The van der Waals surface area contributed by atoms with Gasteiger partial charge in [-0.3, -0.25) is 0 Å². The van der Waals surface area contributed by atoms with Gasteiger partial charge in [-0.05, 0) is 31.5 Å². The average Bonchev–Trinajstić information content (AvgIpc) is 2.71. The van der Waals surface area contributed by atoms with Crippen LogP contribution in [0.3, 0.4) is 0 Å². The van der Waals surface area contributed by atoms with E-state index < -0.39 is 0 Å². The van der Waals surface area contributed by atoms with E-state index in [-0.39, 0.29) is 17.0 Å². The number of pyridine rings is 1. The van der Waals surface area contributed by atoms with Gasteiger partial charge in [0, 0.05) is 18.0 Å². The first-order chi connectivity index (χ1) is 8.63. The molecule has 0 aliphatic carbocycles. The molecule has 0 radical (unpaired) electrons. The topological polar surface area (TPSA) is 17.3 Å². The molecule has 98 valence electrons. The van der Waals surface area contributed by atoms with Crippen molar-refractivity contribution in [1.29, 1.82) is 0 Å². The number of aryl methyl sites for hydroxylation is 2. The molecule has 0 N–H and O–H groups in total. The molecule has 3 rings (SSSR count). The maximum absolute atomic E-state index is 5.98. The second-order valence-electron chi connectivity index (χ2n) is 4.56. The molecule has 0 aliphatic heterocycles. The summed E-state index contributed by atoms with van der Waals surface area (Å²) in [6, 6.07) is 10.2. The van der Waals surface area contributed by atoms with Crippen molar-refractivity contribution >= 4 is 17.2 Å². The fourth-order valence-electron chi connectivity index (χ4n) is 2.20. The zero-order valence-corrected chi connectivity index (χ0v) is 13.0. The van der Waals surface area contributed by atoms with Crippen LogP contribution in [0.4, 0.5) is 0 Å². The summed E-state index contributed by atoms with van der Waals surface area (Å²) in [6.45, 7) is 4.21. The first-order valence-corrected chi connectivity index (χ1v) is 6.23. The summed E-state index contributed by atoms with van der Waals surface area (Å²) < 4.78 is 1.96. The van der Waals surface area contributed by atoms with E-state index in [2.05, 4.69) is 37.0 Å². The number of aromatic nitrogens is 2. The molecule has 0 saturated carbocycles. The van der Waals surface area contributed by atoms with Gasteiger partial charge >= 0.3 is 0 Å². The van der Waals surface area contributed by atoms with Crippen molar-refractivity contribution in [2.45, 2.75) is 13.8 Å². The van der Waals surface area contributed by atoms with Gasteiger partial charge in [-0.15, -0.1) is 0 Å². The van der Waals surface area contributed by atoms with Crippen molar-refractivity contribution in [3.8, 4) is 11.3 Å². The Morgan fingerprint density at radius 1 is 1.05 bits per heavy atom. The third-order valence-corrected chi connectivity index (χ3v) is 3.30. The summed E-state index contributed by atoms with van der Waals surface area (Å²) in [5, 5.41) is 0.715. The van der Waals surface area contributed by atoms with Gasteiger partial charge in [0.2, 0.25) is 0 Å². The van der Waals surface area contributed by atoms with Gasteiger partial charge in [-0.25, -0.2) is 4.98 Å². The normalized spacial score (nSPS) is 10.5. The Labute approximate surface area is 127 Å². The molecule has 0 fully saturated rings. The SMILES string of the molecule is Cc1ccc(-c2cn3cc(Cl)ccc3n2)c(C)c1.[Br-]. The van der Waals surface area contributed by atoms with Gasteiger partial charge < -0.3 is 21.4 Å². The van der Waals surface area contributed by atoms with Gasteiger partial charge in [0.25, 0.3) is 0 Å². The molecule has 0 unspecified atom stereocenters. The van der Waals surface area contributed by atoms with E-state index in [9.17, 15) is 0 Å². The minimum Gasteiger partial charge on any atom is -1.00 e. The van der Waals surface area contributed by atoms with Crippen LogP contribution in [0.2, 0.25) is 5.02 Å². The lowest BCUT2D eigenvalue weighted by atomic mass is 10.0. The lowest BCUT2D eigenvalue weighted by Crippen LogP contribution is -3.00. The van der Waals surface area contributed by atoms with Crippen molar-refractivity contribution in [2.24, 2.45) is 0 Å². The molecule has 0 bridgehead atoms. The number of halogens is 2. The number of hydrogen-bond acceptors (Lipinski definition) is 1. The Hall–Kier alpha value is -1.32. The Morgan fingerprint density at radius 2 is 1.84 bits per heavy atom. The highest BCUT2D eigenvalue weighted by Gasteiger charge is 2.07. The fraction of sp³-hybridized carbons (Fsp3) is 0.133.